The maximum absolute atomic E-state index is 10.6. The summed E-state index contributed by atoms with van der Waals surface area (Å²) in [5.74, 6) is -2.32. The van der Waals surface area contributed by atoms with Crippen molar-refractivity contribution in [3.05, 3.63) is 0 Å². The van der Waals surface area contributed by atoms with Crippen molar-refractivity contribution in [1.29, 1.82) is 0 Å². The number of rotatable bonds is 7. The van der Waals surface area contributed by atoms with E-state index in [1.54, 1.807) is 0 Å². The summed E-state index contributed by atoms with van der Waals surface area (Å²) in [6.07, 6.45) is 20.4. The topological polar surface area (TPSA) is 113 Å². The van der Waals surface area contributed by atoms with Crippen LogP contribution in [0.25, 0.3) is 0 Å². The molecule has 7 nitrogen and oxygen atoms in total. The fraction of sp³-hybridized carbons (Fsp3) is 0.929. The van der Waals surface area contributed by atoms with Crippen molar-refractivity contribution < 1.29 is 34.4 Å². The molecule has 4 saturated carbocycles. The highest BCUT2D eigenvalue weighted by Gasteiger charge is 2.59. The first-order valence-corrected chi connectivity index (χ1v) is 14.0. The number of carboxylic acid groups (broad SMARTS) is 1. The van der Waals surface area contributed by atoms with Gasteiger partial charge in [0.05, 0.1) is 24.2 Å². The molecule has 0 saturated heterocycles. The monoisotopic (exact) mass is 496 g/mol. The van der Waals surface area contributed by atoms with Gasteiger partial charge in [0.1, 0.15) is 6.61 Å². The third-order valence-corrected chi connectivity index (χ3v) is 9.91. The Morgan fingerprint density at radius 3 is 1.46 bits per heavy atom. The van der Waals surface area contributed by atoms with E-state index >= 15 is 0 Å². The number of carboxylic acids is 1. The number of aliphatic hydroxyl groups is 2. The normalized spacial score (nSPS) is 32.1. The van der Waals surface area contributed by atoms with Gasteiger partial charge >= 0.3 is 11.9 Å². The third kappa shape index (κ3) is 6.22. The smallest absolute Gasteiger partial charge is 0.335 e. The van der Waals surface area contributed by atoms with E-state index < -0.39 is 24.5 Å². The molecule has 4 aliphatic rings. The van der Waals surface area contributed by atoms with Gasteiger partial charge in [-0.1, -0.05) is 51.4 Å². The Kier molecular flexibility index (Phi) is 9.66. The standard InChI is InChI=1S/C22H38O.C6H10O6/c1-19(11-3-5-13-21(19)15-7-8-16-21)23-20(2)12-4-6-14-22(20)17-9-10-18-22;7-1-2-12-6(11)4(8)3-5(9)10/h3-18H2,1-2H3;4,7-8H,1-3H2,(H,9,10). The summed E-state index contributed by atoms with van der Waals surface area (Å²) in [4.78, 5) is 20.6. The number of esters is 1. The number of ether oxygens (including phenoxy) is 2. The van der Waals surface area contributed by atoms with Crippen molar-refractivity contribution in [3.8, 4) is 0 Å². The largest absolute Gasteiger partial charge is 0.481 e. The van der Waals surface area contributed by atoms with Crippen LogP contribution in [0.1, 0.15) is 123 Å². The van der Waals surface area contributed by atoms with Crippen LogP contribution in [-0.4, -0.2) is 57.8 Å². The van der Waals surface area contributed by atoms with Crippen LogP contribution in [0.15, 0.2) is 0 Å². The van der Waals surface area contributed by atoms with Crippen molar-refractivity contribution >= 4 is 11.9 Å². The fourth-order valence-electron chi connectivity index (χ4n) is 7.88. The third-order valence-electron chi connectivity index (χ3n) is 9.91. The predicted octanol–water partition coefficient (Wildman–Crippen LogP) is 5.15. The van der Waals surface area contributed by atoms with E-state index in [2.05, 4.69) is 18.6 Å². The summed E-state index contributed by atoms with van der Waals surface area (Å²) in [5, 5.41) is 25.1. The molecule has 3 atom stereocenters. The molecule has 0 bridgehead atoms. The summed E-state index contributed by atoms with van der Waals surface area (Å²) in [6.45, 7) is 4.46. The van der Waals surface area contributed by atoms with E-state index in [9.17, 15) is 9.59 Å². The molecule has 0 aromatic carbocycles. The van der Waals surface area contributed by atoms with E-state index in [0.29, 0.717) is 10.8 Å². The van der Waals surface area contributed by atoms with Crippen molar-refractivity contribution in [3.63, 3.8) is 0 Å². The van der Waals surface area contributed by atoms with Crippen LogP contribution in [0, 0.1) is 10.8 Å². The molecule has 0 aromatic heterocycles. The van der Waals surface area contributed by atoms with Crippen LogP contribution in [0.3, 0.4) is 0 Å². The number of hydrogen-bond donors (Lipinski definition) is 3. The number of carbonyl (C=O) groups excluding carboxylic acids is 1. The summed E-state index contributed by atoms with van der Waals surface area (Å²) in [6, 6.07) is 0. The Morgan fingerprint density at radius 1 is 0.743 bits per heavy atom. The molecule has 0 aliphatic heterocycles. The van der Waals surface area contributed by atoms with Gasteiger partial charge in [-0.2, -0.15) is 0 Å². The van der Waals surface area contributed by atoms with Crippen molar-refractivity contribution in [2.45, 2.75) is 140 Å². The maximum atomic E-state index is 10.6. The molecule has 202 valence electrons. The van der Waals surface area contributed by atoms with Crippen LogP contribution >= 0.6 is 0 Å². The van der Waals surface area contributed by atoms with Crippen LogP contribution < -0.4 is 0 Å². The van der Waals surface area contributed by atoms with E-state index in [1.807, 2.05) is 0 Å². The number of aliphatic hydroxyl groups excluding tert-OH is 2. The van der Waals surface area contributed by atoms with E-state index in [1.165, 1.54) is 103 Å². The lowest BCUT2D eigenvalue weighted by Gasteiger charge is -2.59. The second kappa shape index (κ2) is 11.9. The van der Waals surface area contributed by atoms with E-state index in [-0.39, 0.29) is 24.4 Å². The molecule has 0 amide bonds. The van der Waals surface area contributed by atoms with Gasteiger partial charge in [-0.05, 0) is 76.0 Å². The quantitative estimate of drug-likeness (QED) is 0.418. The Balaban J connectivity index is 0.000000245. The zero-order chi connectivity index (χ0) is 25.6. The second-order valence-corrected chi connectivity index (χ2v) is 12.0. The highest BCUT2D eigenvalue weighted by atomic mass is 16.6. The fourth-order valence-corrected chi connectivity index (χ4v) is 7.88. The first kappa shape index (κ1) is 28.4. The minimum atomic E-state index is -1.66. The van der Waals surface area contributed by atoms with Crippen molar-refractivity contribution in [2.24, 2.45) is 10.8 Å². The van der Waals surface area contributed by atoms with Gasteiger partial charge < -0.3 is 24.8 Å². The summed E-state index contributed by atoms with van der Waals surface area (Å²) in [5.41, 5.74) is 1.35. The zero-order valence-corrected chi connectivity index (χ0v) is 22.0. The SMILES string of the molecule is CC1(OC2(C)CCCCC23CCCC3)CCCCC12CCCC2.O=C(O)CC(O)C(=O)OCCO. The molecule has 0 aromatic rings. The molecular weight excluding hydrogens is 448 g/mol. The minimum Gasteiger partial charge on any atom is -0.481 e. The first-order chi connectivity index (χ1) is 16.6. The Morgan fingerprint density at radius 2 is 1.11 bits per heavy atom. The van der Waals surface area contributed by atoms with Gasteiger partial charge in [0.25, 0.3) is 0 Å². The highest BCUT2D eigenvalue weighted by molar-refractivity contribution is 5.80. The van der Waals surface area contributed by atoms with Gasteiger partial charge in [0.2, 0.25) is 0 Å². The van der Waals surface area contributed by atoms with E-state index in [4.69, 9.17) is 20.1 Å². The lowest BCUT2D eigenvalue weighted by Crippen LogP contribution is -2.59. The molecule has 3 unspecified atom stereocenters. The summed E-state index contributed by atoms with van der Waals surface area (Å²) in [7, 11) is 0. The molecule has 0 heterocycles. The summed E-state index contributed by atoms with van der Waals surface area (Å²) >= 11 is 0. The zero-order valence-electron chi connectivity index (χ0n) is 22.0. The Labute approximate surface area is 211 Å². The van der Waals surface area contributed by atoms with Crippen LogP contribution in [-0.2, 0) is 19.1 Å². The van der Waals surface area contributed by atoms with Crippen LogP contribution in [0.4, 0.5) is 0 Å². The van der Waals surface area contributed by atoms with Crippen molar-refractivity contribution in [1.82, 2.24) is 0 Å². The van der Waals surface area contributed by atoms with Crippen LogP contribution in [0.2, 0.25) is 0 Å². The molecular formula is C28H48O7. The van der Waals surface area contributed by atoms with Crippen LogP contribution in [0.5, 0.6) is 0 Å². The van der Waals surface area contributed by atoms with Gasteiger partial charge in [-0.3, -0.25) is 4.79 Å². The maximum Gasteiger partial charge on any atom is 0.335 e. The van der Waals surface area contributed by atoms with Gasteiger partial charge in [0.15, 0.2) is 6.10 Å². The average Bonchev–Trinajstić information content (AvgIpc) is 3.48. The lowest BCUT2D eigenvalue weighted by atomic mass is 9.59. The van der Waals surface area contributed by atoms with Gasteiger partial charge in [-0.15, -0.1) is 0 Å². The minimum absolute atomic E-state index is 0.156. The predicted molar refractivity (Wildman–Crippen MR) is 133 cm³/mol. The van der Waals surface area contributed by atoms with Gasteiger partial charge in [0, 0.05) is 0 Å². The molecule has 0 radical (unpaired) electrons. The summed E-state index contributed by atoms with van der Waals surface area (Å²) < 4.78 is 11.6. The highest BCUT2D eigenvalue weighted by Crippen LogP contribution is 2.62. The lowest BCUT2D eigenvalue weighted by molar-refractivity contribution is -0.261. The van der Waals surface area contributed by atoms with Gasteiger partial charge in [-0.25, -0.2) is 4.79 Å². The Bertz CT molecular complexity index is 670. The number of carbonyl (C=O) groups is 2. The number of hydrogen-bond acceptors (Lipinski definition) is 6. The second-order valence-electron chi connectivity index (χ2n) is 12.0. The molecule has 35 heavy (non-hydrogen) atoms. The molecule has 7 heteroatoms. The first-order valence-electron chi connectivity index (χ1n) is 14.0. The molecule has 2 spiro atoms. The molecule has 4 aliphatic carbocycles. The van der Waals surface area contributed by atoms with E-state index in [0.717, 1.165) is 0 Å². The van der Waals surface area contributed by atoms with Crippen molar-refractivity contribution in [2.75, 3.05) is 13.2 Å². The molecule has 4 fully saturated rings. The Hall–Kier alpha value is -1.18. The average molecular weight is 497 g/mol. The molecule has 3 N–H and O–H groups in total. The molecule has 4 rings (SSSR count). The number of aliphatic carboxylic acids is 1.